The number of piperidine rings is 1. The Balaban J connectivity index is 1.24. The molecule has 8 nitrogen and oxygen atoms in total. The molecule has 1 saturated heterocycles. The van der Waals surface area contributed by atoms with Crippen LogP contribution in [0.2, 0.25) is 5.02 Å². The van der Waals surface area contributed by atoms with Crippen molar-refractivity contribution >= 4 is 28.5 Å². The SMILES string of the molecule is O=C(C[C@H](Cn1cnnn1)c1ccc(Cl)cc1)N1CCC(c2nc3ccccc3[nH]2)CC1. The number of likely N-dealkylation sites (tertiary alicyclic amines) is 1. The van der Waals surface area contributed by atoms with E-state index in [1.54, 1.807) is 11.0 Å². The third-order valence-electron chi connectivity index (χ3n) is 6.20. The number of benzene rings is 2. The summed E-state index contributed by atoms with van der Waals surface area (Å²) in [4.78, 5) is 23.3. The quantitative estimate of drug-likeness (QED) is 0.483. The summed E-state index contributed by atoms with van der Waals surface area (Å²) in [6.07, 6.45) is 3.79. The van der Waals surface area contributed by atoms with Crippen molar-refractivity contribution in [3.05, 3.63) is 71.3 Å². The van der Waals surface area contributed by atoms with E-state index in [0.717, 1.165) is 48.4 Å². The number of aromatic nitrogens is 6. The van der Waals surface area contributed by atoms with Crippen molar-refractivity contribution in [1.29, 1.82) is 0 Å². The first kappa shape index (κ1) is 20.6. The van der Waals surface area contributed by atoms with Crippen LogP contribution in [0.4, 0.5) is 0 Å². The zero-order valence-electron chi connectivity index (χ0n) is 17.6. The summed E-state index contributed by atoms with van der Waals surface area (Å²) in [7, 11) is 0. The van der Waals surface area contributed by atoms with E-state index in [1.165, 1.54) is 0 Å². The van der Waals surface area contributed by atoms with E-state index in [-0.39, 0.29) is 11.8 Å². The normalized spacial score (nSPS) is 15.8. The molecule has 164 valence electrons. The summed E-state index contributed by atoms with van der Waals surface area (Å²) >= 11 is 6.06. The predicted molar refractivity (Wildman–Crippen MR) is 121 cm³/mol. The number of carbonyl (C=O) groups excluding carboxylic acids is 1. The molecule has 0 radical (unpaired) electrons. The highest BCUT2D eigenvalue weighted by Crippen LogP contribution is 2.30. The Kier molecular flexibility index (Phi) is 5.85. The Bertz CT molecular complexity index is 1150. The number of para-hydroxylation sites is 2. The van der Waals surface area contributed by atoms with Gasteiger partial charge >= 0.3 is 0 Å². The molecule has 32 heavy (non-hydrogen) atoms. The fourth-order valence-corrected chi connectivity index (χ4v) is 4.55. The molecule has 5 rings (SSSR count). The van der Waals surface area contributed by atoms with Crippen molar-refractivity contribution in [1.82, 2.24) is 35.1 Å². The van der Waals surface area contributed by atoms with Gasteiger partial charge in [0.15, 0.2) is 0 Å². The molecule has 0 bridgehead atoms. The molecule has 1 aliphatic rings. The van der Waals surface area contributed by atoms with Crippen LogP contribution in [0, 0.1) is 0 Å². The van der Waals surface area contributed by atoms with Crippen molar-refractivity contribution in [2.24, 2.45) is 0 Å². The van der Waals surface area contributed by atoms with Crippen LogP contribution >= 0.6 is 11.6 Å². The van der Waals surface area contributed by atoms with Gasteiger partial charge in [-0.25, -0.2) is 9.67 Å². The molecular formula is C23H24ClN7O. The first-order valence-corrected chi connectivity index (χ1v) is 11.2. The van der Waals surface area contributed by atoms with Gasteiger partial charge in [-0.15, -0.1) is 5.10 Å². The average molecular weight is 450 g/mol. The lowest BCUT2D eigenvalue weighted by Crippen LogP contribution is -2.39. The average Bonchev–Trinajstić information content (AvgIpc) is 3.49. The number of halogens is 1. The molecule has 3 heterocycles. The monoisotopic (exact) mass is 449 g/mol. The maximum Gasteiger partial charge on any atom is 0.223 e. The Morgan fingerprint density at radius 3 is 2.62 bits per heavy atom. The van der Waals surface area contributed by atoms with Crippen molar-refractivity contribution in [3.8, 4) is 0 Å². The number of carbonyl (C=O) groups is 1. The molecule has 1 aliphatic heterocycles. The molecule has 1 N–H and O–H groups in total. The van der Waals surface area contributed by atoms with Crippen LogP contribution in [0.3, 0.4) is 0 Å². The van der Waals surface area contributed by atoms with Gasteiger partial charge in [0.1, 0.15) is 12.2 Å². The molecule has 1 amide bonds. The molecule has 1 fully saturated rings. The number of amides is 1. The summed E-state index contributed by atoms with van der Waals surface area (Å²) in [6.45, 7) is 2.01. The highest BCUT2D eigenvalue weighted by molar-refractivity contribution is 6.30. The number of hydrogen-bond acceptors (Lipinski definition) is 5. The van der Waals surface area contributed by atoms with Gasteiger partial charge in [0.25, 0.3) is 0 Å². The Labute approximate surface area is 190 Å². The van der Waals surface area contributed by atoms with E-state index in [2.05, 4.69) is 20.5 Å². The highest BCUT2D eigenvalue weighted by atomic mass is 35.5. The number of fused-ring (bicyclic) bond motifs is 1. The molecule has 1 atom stereocenters. The van der Waals surface area contributed by atoms with Crippen LogP contribution in [0.25, 0.3) is 11.0 Å². The summed E-state index contributed by atoms with van der Waals surface area (Å²) in [5.74, 6) is 1.49. The van der Waals surface area contributed by atoms with Gasteiger partial charge in [0, 0.05) is 36.4 Å². The Morgan fingerprint density at radius 1 is 1.12 bits per heavy atom. The van der Waals surface area contributed by atoms with Crippen LogP contribution in [-0.2, 0) is 11.3 Å². The number of H-pyrrole nitrogens is 1. The van der Waals surface area contributed by atoms with Gasteiger partial charge in [-0.3, -0.25) is 4.79 Å². The van der Waals surface area contributed by atoms with E-state index >= 15 is 0 Å². The van der Waals surface area contributed by atoms with Gasteiger partial charge in [-0.2, -0.15) is 0 Å². The van der Waals surface area contributed by atoms with E-state index in [1.807, 2.05) is 53.4 Å². The molecule has 0 saturated carbocycles. The van der Waals surface area contributed by atoms with E-state index in [0.29, 0.717) is 23.9 Å². The second-order valence-electron chi connectivity index (χ2n) is 8.28. The maximum atomic E-state index is 13.2. The minimum absolute atomic E-state index is 0.0311. The summed E-state index contributed by atoms with van der Waals surface area (Å²) < 4.78 is 1.67. The third kappa shape index (κ3) is 4.50. The van der Waals surface area contributed by atoms with Crippen molar-refractivity contribution in [3.63, 3.8) is 0 Å². The molecule has 2 aromatic heterocycles. The fourth-order valence-electron chi connectivity index (χ4n) is 4.42. The molecule has 2 aromatic carbocycles. The topological polar surface area (TPSA) is 92.6 Å². The number of rotatable bonds is 6. The summed E-state index contributed by atoms with van der Waals surface area (Å²) in [5, 5.41) is 12.1. The van der Waals surface area contributed by atoms with E-state index in [4.69, 9.17) is 16.6 Å². The van der Waals surface area contributed by atoms with Crippen LogP contribution in [0.5, 0.6) is 0 Å². The number of imidazole rings is 1. The van der Waals surface area contributed by atoms with E-state index < -0.39 is 0 Å². The van der Waals surface area contributed by atoms with Gasteiger partial charge in [0.2, 0.25) is 5.91 Å². The lowest BCUT2D eigenvalue weighted by atomic mass is 9.92. The first-order chi connectivity index (χ1) is 15.7. The second-order valence-corrected chi connectivity index (χ2v) is 8.72. The maximum absolute atomic E-state index is 13.2. The van der Waals surface area contributed by atoms with Gasteiger partial charge in [0.05, 0.1) is 17.6 Å². The van der Waals surface area contributed by atoms with Crippen molar-refractivity contribution in [2.75, 3.05) is 13.1 Å². The summed E-state index contributed by atoms with van der Waals surface area (Å²) in [5.41, 5.74) is 3.11. The molecule has 0 unspecified atom stereocenters. The smallest absolute Gasteiger partial charge is 0.223 e. The van der Waals surface area contributed by atoms with Crippen molar-refractivity contribution < 1.29 is 4.79 Å². The minimum Gasteiger partial charge on any atom is -0.343 e. The van der Waals surface area contributed by atoms with Gasteiger partial charge in [-0.1, -0.05) is 35.9 Å². The molecule has 9 heteroatoms. The predicted octanol–water partition coefficient (Wildman–Crippen LogP) is 3.78. The largest absolute Gasteiger partial charge is 0.343 e. The van der Waals surface area contributed by atoms with E-state index in [9.17, 15) is 4.79 Å². The standard InChI is InChI=1S/C23H24ClN7O/c24-19-7-5-16(6-8-19)18(14-31-15-25-28-29-31)13-22(32)30-11-9-17(10-12-30)23-26-20-3-1-2-4-21(20)27-23/h1-8,15,17-18H,9-14H2,(H,26,27)/t18-/m1/s1. The molecule has 0 aliphatic carbocycles. The van der Waals surface area contributed by atoms with Crippen LogP contribution < -0.4 is 0 Å². The zero-order chi connectivity index (χ0) is 21.9. The number of hydrogen-bond donors (Lipinski definition) is 1. The van der Waals surface area contributed by atoms with Crippen LogP contribution in [-0.4, -0.2) is 54.1 Å². The lowest BCUT2D eigenvalue weighted by Gasteiger charge is -2.32. The Hall–Kier alpha value is -3.26. The molecular weight excluding hydrogens is 426 g/mol. The lowest BCUT2D eigenvalue weighted by molar-refractivity contribution is -0.132. The molecule has 0 spiro atoms. The number of nitrogens with one attached hydrogen (secondary N) is 1. The minimum atomic E-state index is -0.0311. The van der Waals surface area contributed by atoms with Gasteiger partial charge < -0.3 is 9.88 Å². The zero-order valence-corrected chi connectivity index (χ0v) is 18.3. The second kappa shape index (κ2) is 9.08. The third-order valence-corrected chi connectivity index (χ3v) is 6.46. The number of nitrogens with zero attached hydrogens (tertiary/aromatic N) is 6. The van der Waals surface area contributed by atoms with Gasteiger partial charge in [-0.05, 0) is 53.1 Å². The summed E-state index contributed by atoms with van der Waals surface area (Å²) in [6, 6.07) is 15.7. The number of aromatic amines is 1. The first-order valence-electron chi connectivity index (χ1n) is 10.8. The van der Waals surface area contributed by atoms with Crippen LogP contribution in [0.1, 0.15) is 42.5 Å². The van der Waals surface area contributed by atoms with Crippen molar-refractivity contribution in [2.45, 2.75) is 37.6 Å². The Morgan fingerprint density at radius 2 is 1.91 bits per heavy atom. The number of tetrazole rings is 1. The molecule has 4 aromatic rings. The van der Waals surface area contributed by atoms with Crippen LogP contribution in [0.15, 0.2) is 54.9 Å². The fraction of sp³-hybridized carbons (Fsp3) is 0.348. The highest BCUT2D eigenvalue weighted by Gasteiger charge is 2.28.